The summed E-state index contributed by atoms with van der Waals surface area (Å²) in [6, 6.07) is 1.65. The van der Waals surface area contributed by atoms with Gasteiger partial charge in [0.2, 0.25) is 34.1 Å². The summed E-state index contributed by atoms with van der Waals surface area (Å²) in [7, 11) is -2.89. The van der Waals surface area contributed by atoms with E-state index in [9.17, 15) is 36.4 Å². The fraction of sp³-hybridized carbons (Fsp3) is 0.692. The first-order chi connectivity index (χ1) is 27.7. The molecule has 20 heteroatoms. The minimum Gasteiger partial charge on any atom is -0.497 e. The van der Waals surface area contributed by atoms with Crippen molar-refractivity contribution in [2.75, 3.05) is 13.7 Å². The molecule has 1 unspecified atom stereocenters. The zero-order valence-corrected chi connectivity index (χ0v) is 34.3. The first kappa shape index (κ1) is 42.6. The van der Waals surface area contributed by atoms with E-state index in [2.05, 4.69) is 20.6 Å². The SMILES string of the molecule is CC[C@@H]1[C@@H]2CN(C(=O)[C@H](C(C)C)NC(=O)O[C@@H]3CC3CCCCC(F)(F)c3nc4ccc(OC)cc4nc3O2)[C@@H]1C(=O)N[C@]1(C(=O)NS(=O)(=O)C2(C)CC2)C[C@H]1C(F)F. The van der Waals surface area contributed by atoms with Gasteiger partial charge in [-0.2, -0.15) is 8.78 Å². The Morgan fingerprint density at radius 1 is 1.07 bits per heavy atom. The average Bonchev–Trinajstić information content (AvgIpc) is 4.13. The van der Waals surface area contributed by atoms with Crippen LogP contribution in [0.4, 0.5) is 22.4 Å². The Labute approximate surface area is 339 Å². The van der Waals surface area contributed by atoms with Crippen molar-refractivity contribution in [3.8, 4) is 11.6 Å². The third kappa shape index (κ3) is 8.21. The van der Waals surface area contributed by atoms with Gasteiger partial charge in [0.25, 0.3) is 11.8 Å². The van der Waals surface area contributed by atoms with Gasteiger partial charge in [0.15, 0.2) is 5.69 Å². The number of fused-ring (bicyclic) bond motifs is 5. The number of aromatic nitrogens is 2. The van der Waals surface area contributed by atoms with E-state index in [1.165, 1.54) is 26.2 Å². The summed E-state index contributed by atoms with van der Waals surface area (Å²) >= 11 is 0. The zero-order valence-electron chi connectivity index (χ0n) is 33.4. The highest BCUT2D eigenvalue weighted by molar-refractivity contribution is 7.91. The van der Waals surface area contributed by atoms with Crippen molar-refractivity contribution in [1.82, 2.24) is 30.2 Å². The highest BCUT2D eigenvalue weighted by Gasteiger charge is 2.68. The van der Waals surface area contributed by atoms with Gasteiger partial charge in [0.05, 0.1) is 35.4 Å². The molecule has 7 rings (SSSR count). The highest BCUT2D eigenvalue weighted by Crippen LogP contribution is 2.50. The maximum absolute atomic E-state index is 16.3. The minimum atomic E-state index is -4.31. The predicted octanol–water partition coefficient (Wildman–Crippen LogP) is 4.57. The average molecular weight is 855 g/mol. The van der Waals surface area contributed by atoms with Crippen LogP contribution in [0.1, 0.15) is 91.2 Å². The van der Waals surface area contributed by atoms with E-state index < -0.39 is 129 Å². The number of nitrogens with one attached hydrogen (secondary N) is 3. The molecule has 1 aromatic heterocycles. The third-order valence-corrected chi connectivity index (χ3v) is 14.8. The number of ether oxygens (including phenoxy) is 3. The van der Waals surface area contributed by atoms with Gasteiger partial charge >= 0.3 is 6.09 Å². The maximum Gasteiger partial charge on any atom is 0.408 e. The summed E-state index contributed by atoms with van der Waals surface area (Å²) in [5.41, 5.74) is -2.81. The number of carbonyl (C=O) groups is 4. The van der Waals surface area contributed by atoms with Crippen molar-refractivity contribution >= 4 is 44.9 Å². The molecular weight excluding hydrogens is 805 g/mol. The van der Waals surface area contributed by atoms with Crippen LogP contribution in [-0.2, 0) is 35.1 Å². The summed E-state index contributed by atoms with van der Waals surface area (Å²) in [5.74, 6) is -10.4. The molecule has 2 bridgehead atoms. The molecule has 3 aliphatic carbocycles. The van der Waals surface area contributed by atoms with Crippen molar-refractivity contribution in [2.24, 2.45) is 23.7 Å². The van der Waals surface area contributed by atoms with Crippen LogP contribution in [0.3, 0.4) is 0 Å². The van der Waals surface area contributed by atoms with E-state index in [0.717, 1.165) is 4.90 Å². The number of alkyl halides is 4. The fourth-order valence-corrected chi connectivity index (χ4v) is 9.63. The number of alkyl carbamates (subject to hydrolysis) is 1. The molecule has 324 valence electrons. The standard InChI is InChI=1S/C39H50F4N6O9S/c1-6-22-27-18-49(29(22)32(50)47-38(17-23(38)31(40)41)35(52)48-59(54,55)37(4)13-14-37)34(51)28(19(2)3)46-36(53)58-26-15-20(26)9-7-8-12-39(42,43)30-33(57-27)45-25-16-21(56-5)10-11-24(25)44-30/h10-11,16,19-20,22-23,26-29,31H,6-9,12-15,17-18H2,1-5H3,(H,46,53)(H,47,50)(H,48,52)/t20?,22-,23+,26-,27+,28+,29+,38-/m1/s1. The van der Waals surface area contributed by atoms with Gasteiger partial charge in [-0.25, -0.2) is 32.0 Å². The lowest BCUT2D eigenvalue weighted by Gasteiger charge is -2.32. The lowest BCUT2D eigenvalue weighted by atomic mass is 9.93. The van der Waals surface area contributed by atoms with E-state index in [1.54, 1.807) is 26.8 Å². The molecule has 1 saturated heterocycles. The molecule has 3 N–H and O–H groups in total. The number of rotatable bonds is 9. The highest BCUT2D eigenvalue weighted by atomic mass is 32.2. The third-order valence-electron chi connectivity index (χ3n) is 12.6. The fourth-order valence-electron chi connectivity index (χ4n) is 8.32. The summed E-state index contributed by atoms with van der Waals surface area (Å²) in [5, 5.41) is 5.01. The molecule has 5 aliphatic rings. The molecule has 1 aromatic carbocycles. The second-order valence-corrected chi connectivity index (χ2v) is 19.3. The molecule has 8 atom stereocenters. The largest absolute Gasteiger partial charge is 0.497 e. The molecular formula is C39H50F4N6O9S. The number of methoxy groups -OCH3 is 1. The maximum atomic E-state index is 16.3. The molecule has 4 amide bonds. The number of benzene rings is 1. The first-order valence-electron chi connectivity index (χ1n) is 20.1. The molecule has 3 saturated carbocycles. The van der Waals surface area contributed by atoms with Crippen molar-refractivity contribution in [1.29, 1.82) is 0 Å². The Hall–Kier alpha value is -4.49. The van der Waals surface area contributed by atoms with Crippen LogP contribution in [0.15, 0.2) is 18.2 Å². The number of sulfonamides is 1. The molecule has 4 fully saturated rings. The zero-order chi connectivity index (χ0) is 42.8. The monoisotopic (exact) mass is 854 g/mol. The van der Waals surface area contributed by atoms with Crippen molar-refractivity contribution in [3.63, 3.8) is 0 Å². The lowest BCUT2D eigenvalue weighted by Crippen LogP contribution is -2.60. The van der Waals surface area contributed by atoms with Crippen LogP contribution in [-0.4, -0.2) is 102 Å². The van der Waals surface area contributed by atoms with Crippen molar-refractivity contribution in [3.05, 3.63) is 23.9 Å². The Kier molecular flexibility index (Phi) is 11.2. The summed E-state index contributed by atoms with van der Waals surface area (Å²) < 4.78 is 105. The molecule has 15 nitrogen and oxygen atoms in total. The smallest absolute Gasteiger partial charge is 0.408 e. The van der Waals surface area contributed by atoms with Gasteiger partial charge in [-0.1, -0.05) is 27.2 Å². The van der Waals surface area contributed by atoms with E-state index >= 15 is 8.78 Å². The first-order valence-corrected chi connectivity index (χ1v) is 21.6. The van der Waals surface area contributed by atoms with Crippen molar-refractivity contribution in [2.45, 2.75) is 132 Å². The van der Waals surface area contributed by atoms with Gasteiger partial charge in [0.1, 0.15) is 35.6 Å². The summed E-state index contributed by atoms with van der Waals surface area (Å²) in [6.07, 6.45) is -4.84. The van der Waals surface area contributed by atoms with Crippen LogP contribution in [0, 0.1) is 23.7 Å². The molecule has 2 aliphatic heterocycles. The van der Waals surface area contributed by atoms with E-state index in [1.807, 2.05) is 4.72 Å². The summed E-state index contributed by atoms with van der Waals surface area (Å²) in [6.45, 7) is 5.92. The van der Waals surface area contributed by atoms with Crippen LogP contribution < -0.4 is 24.8 Å². The van der Waals surface area contributed by atoms with Crippen LogP contribution >= 0.6 is 0 Å². The predicted molar refractivity (Wildman–Crippen MR) is 202 cm³/mol. The topological polar surface area (TPSA) is 195 Å². The Morgan fingerprint density at radius 2 is 1.80 bits per heavy atom. The molecule has 0 radical (unpaired) electrons. The van der Waals surface area contributed by atoms with Gasteiger partial charge in [-0.15, -0.1) is 0 Å². The number of hydrogen-bond donors (Lipinski definition) is 3. The molecule has 2 aromatic rings. The van der Waals surface area contributed by atoms with Gasteiger partial charge in [-0.05, 0) is 75.8 Å². The van der Waals surface area contributed by atoms with E-state index in [4.69, 9.17) is 14.2 Å². The number of halogens is 4. The Balaban J connectivity index is 1.29. The van der Waals surface area contributed by atoms with E-state index in [0.29, 0.717) is 25.0 Å². The number of hydrogen-bond acceptors (Lipinski definition) is 11. The second kappa shape index (κ2) is 15.5. The van der Waals surface area contributed by atoms with Crippen molar-refractivity contribution < 1.29 is 59.4 Å². The summed E-state index contributed by atoms with van der Waals surface area (Å²) in [4.78, 5) is 65.8. The second-order valence-electron chi connectivity index (χ2n) is 17.1. The van der Waals surface area contributed by atoms with Crippen LogP contribution in [0.2, 0.25) is 0 Å². The Morgan fingerprint density at radius 3 is 2.42 bits per heavy atom. The van der Waals surface area contributed by atoms with Gasteiger partial charge < -0.3 is 29.7 Å². The van der Waals surface area contributed by atoms with Gasteiger partial charge in [0, 0.05) is 18.4 Å². The van der Waals surface area contributed by atoms with Crippen LogP contribution in [0.5, 0.6) is 11.6 Å². The van der Waals surface area contributed by atoms with Crippen LogP contribution in [0.25, 0.3) is 11.0 Å². The molecule has 59 heavy (non-hydrogen) atoms. The van der Waals surface area contributed by atoms with E-state index in [-0.39, 0.29) is 42.6 Å². The Bertz CT molecular complexity index is 2120. The number of amides is 4. The number of carbonyl (C=O) groups excluding carboxylic acids is 4. The quantitative estimate of drug-likeness (QED) is 0.299. The minimum absolute atomic E-state index is 0.0559. The normalized spacial score (nSPS) is 31.4. The number of nitrogens with zero attached hydrogens (tertiary/aromatic N) is 3. The molecule has 3 heterocycles. The van der Waals surface area contributed by atoms with Gasteiger partial charge in [-0.3, -0.25) is 19.1 Å². The lowest BCUT2D eigenvalue weighted by molar-refractivity contribution is -0.143. The molecule has 0 spiro atoms.